The van der Waals surface area contributed by atoms with Crippen LogP contribution in [0.3, 0.4) is 0 Å². The number of benzene rings is 1. The number of nitrogens with one attached hydrogen (secondary N) is 1. The van der Waals surface area contributed by atoms with Crippen molar-refractivity contribution < 1.29 is 23.1 Å². The smallest absolute Gasteiger partial charge is 0.408 e. The Balaban J connectivity index is 2.72. The summed E-state index contributed by atoms with van der Waals surface area (Å²) in [5.41, 5.74) is 0.243. The summed E-state index contributed by atoms with van der Waals surface area (Å²) in [5, 5.41) is 11.1. The third kappa shape index (κ3) is 4.83. The first-order valence-electron chi connectivity index (χ1n) is 5.09. The number of carbonyl (C=O) groups is 1. The monoisotopic (exact) mass is 281 g/mol. The maximum Gasteiger partial charge on any atom is 0.408 e. The van der Waals surface area contributed by atoms with E-state index in [0.29, 0.717) is 5.02 Å². The van der Waals surface area contributed by atoms with Gasteiger partial charge in [0.1, 0.15) is 6.04 Å². The molecule has 0 aliphatic rings. The highest BCUT2D eigenvalue weighted by atomic mass is 35.5. The van der Waals surface area contributed by atoms with Gasteiger partial charge >= 0.3 is 12.1 Å². The third-order valence-corrected chi connectivity index (χ3v) is 2.48. The molecule has 3 nitrogen and oxygen atoms in total. The van der Waals surface area contributed by atoms with E-state index in [-0.39, 0.29) is 5.69 Å². The molecule has 0 radical (unpaired) electrons. The minimum atomic E-state index is -4.50. The first-order valence-corrected chi connectivity index (χ1v) is 5.47. The van der Waals surface area contributed by atoms with Crippen LogP contribution in [0.1, 0.15) is 12.8 Å². The second-order valence-corrected chi connectivity index (χ2v) is 4.11. The van der Waals surface area contributed by atoms with E-state index in [4.69, 9.17) is 16.7 Å². The van der Waals surface area contributed by atoms with Gasteiger partial charge in [0.25, 0.3) is 0 Å². The number of carboxylic acids is 1. The van der Waals surface area contributed by atoms with Crippen molar-refractivity contribution in [3.63, 3.8) is 0 Å². The van der Waals surface area contributed by atoms with Gasteiger partial charge in [0, 0.05) is 17.1 Å². The Morgan fingerprint density at radius 3 is 2.33 bits per heavy atom. The van der Waals surface area contributed by atoms with Gasteiger partial charge in [-0.2, -0.15) is 13.2 Å². The predicted molar refractivity (Wildman–Crippen MR) is 61.8 cm³/mol. The maximum atomic E-state index is 12.7. The molecule has 0 aliphatic heterocycles. The summed E-state index contributed by atoms with van der Waals surface area (Å²) in [7, 11) is 0. The Morgan fingerprint density at radius 1 is 1.33 bits per heavy atom. The van der Waals surface area contributed by atoms with E-state index in [9.17, 15) is 18.0 Å². The number of hydrogen-bond donors (Lipinski definition) is 2. The lowest BCUT2D eigenvalue weighted by molar-refractivity contribution is -0.148. The summed E-state index contributed by atoms with van der Waals surface area (Å²) >= 11 is 5.61. The molecule has 1 aromatic carbocycles. The Hall–Kier alpha value is -1.43. The molecule has 0 saturated heterocycles. The van der Waals surface area contributed by atoms with E-state index in [1.54, 1.807) is 0 Å². The highest BCUT2D eigenvalue weighted by molar-refractivity contribution is 6.30. The van der Waals surface area contributed by atoms with Gasteiger partial charge in [-0.1, -0.05) is 11.6 Å². The molecule has 1 atom stereocenters. The Kier molecular flexibility index (Phi) is 4.84. The lowest BCUT2D eigenvalue weighted by Crippen LogP contribution is -2.36. The predicted octanol–water partition coefficient (Wildman–Crippen LogP) is 3.55. The summed E-state index contributed by atoms with van der Waals surface area (Å²) < 4.78 is 38.0. The highest BCUT2D eigenvalue weighted by Gasteiger charge is 2.39. The van der Waals surface area contributed by atoms with Crippen LogP contribution in [0.25, 0.3) is 0 Å². The van der Waals surface area contributed by atoms with Gasteiger partial charge in [-0.25, -0.2) is 0 Å². The van der Waals surface area contributed by atoms with E-state index in [1.807, 2.05) is 0 Å². The quantitative estimate of drug-likeness (QED) is 0.868. The van der Waals surface area contributed by atoms with Crippen molar-refractivity contribution in [3.8, 4) is 0 Å². The topological polar surface area (TPSA) is 49.3 Å². The van der Waals surface area contributed by atoms with Crippen LogP contribution in [-0.2, 0) is 4.79 Å². The van der Waals surface area contributed by atoms with Gasteiger partial charge in [-0.15, -0.1) is 0 Å². The summed E-state index contributed by atoms with van der Waals surface area (Å²) in [6.45, 7) is 0. The number of carboxylic acid groups (broad SMARTS) is 1. The zero-order valence-corrected chi connectivity index (χ0v) is 9.92. The Morgan fingerprint density at radius 2 is 1.89 bits per heavy atom. The van der Waals surface area contributed by atoms with Crippen molar-refractivity contribution in [1.82, 2.24) is 0 Å². The summed E-state index contributed by atoms with van der Waals surface area (Å²) in [6, 6.07) is 3.82. The summed E-state index contributed by atoms with van der Waals surface area (Å²) in [6.07, 6.45) is -5.58. The number of rotatable bonds is 5. The second-order valence-electron chi connectivity index (χ2n) is 3.68. The molecule has 0 bridgehead atoms. The second kappa shape index (κ2) is 5.95. The van der Waals surface area contributed by atoms with Gasteiger partial charge in [-0.3, -0.25) is 4.79 Å². The fourth-order valence-electron chi connectivity index (χ4n) is 1.33. The Bertz CT molecular complexity index is 406. The van der Waals surface area contributed by atoms with Gasteiger partial charge < -0.3 is 10.4 Å². The molecule has 0 spiro atoms. The molecule has 0 aromatic heterocycles. The summed E-state index contributed by atoms with van der Waals surface area (Å²) in [5.74, 6) is -1.26. The van der Waals surface area contributed by atoms with Crippen molar-refractivity contribution in [2.24, 2.45) is 0 Å². The number of alkyl halides is 3. The number of halogens is 4. The van der Waals surface area contributed by atoms with Crippen molar-refractivity contribution in [3.05, 3.63) is 29.3 Å². The first-order chi connectivity index (χ1) is 8.29. The van der Waals surface area contributed by atoms with Crippen molar-refractivity contribution in [2.75, 3.05) is 5.32 Å². The zero-order chi connectivity index (χ0) is 13.8. The first kappa shape index (κ1) is 14.6. The number of anilines is 1. The maximum absolute atomic E-state index is 12.7. The lowest BCUT2D eigenvalue weighted by atomic mass is 10.1. The Labute approximate surface area is 107 Å². The van der Waals surface area contributed by atoms with Crippen LogP contribution < -0.4 is 5.32 Å². The fourth-order valence-corrected chi connectivity index (χ4v) is 1.46. The van der Waals surface area contributed by atoms with E-state index in [0.717, 1.165) is 0 Å². The van der Waals surface area contributed by atoms with Crippen LogP contribution in [0.5, 0.6) is 0 Å². The molecule has 0 aliphatic carbocycles. The molecule has 2 N–H and O–H groups in total. The molecule has 0 heterocycles. The van der Waals surface area contributed by atoms with Crippen molar-refractivity contribution in [2.45, 2.75) is 25.1 Å². The van der Waals surface area contributed by atoms with Gasteiger partial charge in [0.2, 0.25) is 0 Å². The van der Waals surface area contributed by atoms with Gasteiger partial charge in [0.05, 0.1) is 0 Å². The molecule has 0 unspecified atom stereocenters. The van der Waals surface area contributed by atoms with Crippen LogP contribution >= 0.6 is 11.6 Å². The van der Waals surface area contributed by atoms with E-state index >= 15 is 0 Å². The van der Waals surface area contributed by atoms with Crippen LogP contribution in [0.2, 0.25) is 5.02 Å². The number of hydrogen-bond acceptors (Lipinski definition) is 2. The van der Waals surface area contributed by atoms with Crippen LogP contribution in [0.4, 0.5) is 18.9 Å². The zero-order valence-electron chi connectivity index (χ0n) is 9.17. The minimum Gasteiger partial charge on any atom is -0.481 e. The highest BCUT2D eigenvalue weighted by Crippen LogP contribution is 2.27. The largest absolute Gasteiger partial charge is 0.481 e. The molecular weight excluding hydrogens is 271 g/mol. The average Bonchev–Trinajstić information content (AvgIpc) is 2.24. The average molecular weight is 282 g/mol. The van der Waals surface area contributed by atoms with Crippen LogP contribution in [0, 0.1) is 0 Å². The van der Waals surface area contributed by atoms with Gasteiger partial charge in [-0.05, 0) is 30.7 Å². The minimum absolute atomic E-state index is 0.243. The SMILES string of the molecule is O=C(O)CC[C@@H](Nc1ccc(Cl)cc1)C(F)(F)F. The lowest BCUT2D eigenvalue weighted by Gasteiger charge is -2.22. The molecule has 100 valence electrons. The third-order valence-electron chi connectivity index (χ3n) is 2.23. The molecular formula is C11H11ClF3NO2. The van der Waals surface area contributed by atoms with E-state index in [1.165, 1.54) is 24.3 Å². The van der Waals surface area contributed by atoms with Crippen LogP contribution in [0.15, 0.2) is 24.3 Å². The van der Waals surface area contributed by atoms with Crippen molar-refractivity contribution >= 4 is 23.3 Å². The summed E-state index contributed by atoms with van der Waals surface area (Å²) in [4.78, 5) is 10.3. The normalized spacial score (nSPS) is 13.1. The standard InChI is InChI=1S/C11H11ClF3NO2/c12-7-1-3-8(4-2-7)16-9(11(13,14)15)5-6-10(17)18/h1-4,9,16H,5-6H2,(H,17,18)/t9-/m1/s1. The fraction of sp³-hybridized carbons (Fsp3) is 0.364. The molecule has 0 fully saturated rings. The molecule has 1 aromatic rings. The molecule has 0 amide bonds. The molecule has 0 saturated carbocycles. The van der Waals surface area contributed by atoms with E-state index in [2.05, 4.69) is 5.32 Å². The molecule has 7 heteroatoms. The van der Waals surface area contributed by atoms with Crippen LogP contribution in [-0.4, -0.2) is 23.3 Å². The number of aliphatic carboxylic acids is 1. The van der Waals surface area contributed by atoms with Gasteiger partial charge in [0.15, 0.2) is 0 Å². The van der Waals surface area contributed by atoms with Crippen molar-refractivity contribution in [1.29, 1.82) is 0 Å². The molecule has 18 heavy (non-hydrogen) atoms. The van der Waals surface area contributed by atoms with E-state index < -0.39 is 31.0 Å². The molecule has 1 rings (SSSR count).